The summed E-state index contributed by atoms with van der Waals surface area (Å²) in [6, 6.07) is -0.402. The van der Waals surface area contributed by atoms with Crippen molar-refractivity contribution in [1.82, 2.24) is 5.32 Å². The van der Waals surface area contributed by atoms with Gasteiger partial charge in [0.15, 0.2) is 0 Å². The van der Waals surface area contributed by atoms with E-state index in [9.17, 15) is 4.79 Å². The number of nitrogens with two attached hydrogens (primary N) is 1. The van der Waals surface area contributed by atoms with Gasteiger partial charge in [0.25, 0.3) is 0 Å². The second-order valence-corrected chi connectivity index (χ2v) is 4.41. The first-order chi connectivity index (χ1) is 7.13. The van der Waals surface area contributed by atoms with Crippen molar-refractivity contribution in [3.63, 3.8) is 0 Å². The summed E-state index contributed by atoms with van der Waals surface area (Å²) in [7, 11) is 1.77. The Bertz CT molecular complexity index is 204. The van der Waals surface area contributed by atoms with Crippen LogP contribution in [0.3, 0.4) is 0 Å². The Hall–Kier alpha value is -0.320. The molecule has 0 aliphatic heterocycles. The number of amides is 1. The summed E-state index contributed by atoms with van der Waals surface area (Å²) in [4.78, 5) is 11.2. The Balaban J connectivity index is 0.00000225. The molecule has 1 amide bonds. The van der Waals surface area contributed by atoms with Gasteiger partial charge in [-0.3, -0.25) is 4.79 Å². The smallest absolute Gasteiger partial charge is 0.236 e. The summed E-state index contributed by atoms with van der Waals surface area (Å²) in [6.07, 6.45) is 4.91. The molecule has 1 atom stereocenters. The van der Waals surface area contributed by atoms with Crippen LogP contribution < -0.4 is 11.1 Å². The molecule has 0 aromatic rings. The summed E-state index contributed by atoms with van der Waals surface area (Å²) in [6.45, 7) is 2.47. The van der Waals surface area contributed by atoms with E-state index < -0.39 is 6.04 Å². The Morgan fingerprint density at radius 1 is 1.44 bits per heavy atom. The van der Waals surface area contributed by atoms with Crippen LogP contribution in [0.25, 0.3) is 0 Å². The molecule has 96 valence electrons. The lowest BCUT2D eigenvalue weighted by Gasteiger charge is -2.27. The third-order valence-corrected chi connectivity index (χ3v) is 3.11. The molecule has 5 heteroatoms. The molecular weight excluding hydrogens is 228 g/mol. The van der Waals surface area contributed by atoms with E-state index in [0.29, 0.717) is 12.0 Å². The quantitative estimate of drug-likeness (QED) is 0.785. The van der Waals surface area contributed by atoms with Gasteiger partial charge in [0.2, 0.25) is 5.91 Å². The van der Waals surface area contributed by atoms with Gasteiger partial charge in [0.05, 0.1) is 12.1 Å². The number of halogens is 1. The van der Waals surface area contributed by atoms with Crippen molar-refractivity contribution in [3.05, 3.63) is 0 Å². The fourth-order valence-electron chi connectivity index (χ4n) is 1.98. The molecule has 1 rings (SSSR count). The fraction of sp³-hybridized carbons (Fsp3) is 0.909. The molecule has 0 bridgehead atoms. The molecule has 1 fully saturated rings. The molecule has 3 N–H and O–H groups in total. The summed E-state index contributed by atoms with van der Waals surface area (Å²) in [5.74, 6) is 0.544. The zero-order valence-corrected chi connectivity index (χ0v) is 10.9. The number of hydrogen-bond acceptors (Lipinski definition) is 3. The Morgan fingerprint density at radius 2 is 2.00 bits per heavy atom. The van der Waals surface area contributed by atoms with E-state index in [1.165, 1.54) is 0 Å². The molecule has 16 heavy (non-hydrogen) atoms. The van der Waals surface area contributed by atoms with Crippen LogP contribution in [0, 0.1) is 5.92 Å². The number of hydrogen-bond donors (Lipinski definition) is 2. The number of carbonyl (C=O) groups excluding carboxylic acids is 1. The van der Waals surface area contributed by atoms with Gasteiger partial charge in [-0.25, -0.2) is 0 Å². The summed E-state index contributed by atoms with van der Waals surface area (Å²) < 4.78 is 5.30. The molecular formula is C11H23ClN2O2. The highest BCUT2D eigenvalue weighted by molar-refractivity contribution is 5.85. The van der Waals surface area contributed by atoms with Crippen molar-refractivity contribution in [3.8, 4) is 0 Å². The Labute approximate surface area is 104 Å². The standard InChI is InChI=1S/C11H22N2O2.ClH/c1-8(12)11(14)13-7-9-3-5-10(15-2)6-4-9;/h8-10H,3-7,12H2,1-2H3,(H,13,14);1H/t8-,9?,10?;/m0./s1. The Kier molecular flexibility index (Phi) is 7.72. The number of rotatable bonds is 4. The largest absolute Gasteiger partial charge is 0.381 e. The number of ether oxygens (including phenoxy) is 1. The van der Waals surface area contributed by atoms with Crippen molar-refractivity contribution < 1.29 is 9.53 Å². The second kappa shape index (κ2) is 7.87. The van der Waals surface area contributed by atoms with Crippen molar-refractivity contribution in [2.45, 2.75) is 44.8 Å². The molecule has 0 heterocycles. The lowest BCUT2D eigenvalue weighted by atomic mass is 9.87. The summed E-state index contributed by atoms with van der Waals surface area (Å²) >= 11 is 0. The molecule has 0 radical (unpaired) electrons. The van der Waals surface area contributed by atoms with Gasteiger partial charge in [0, 0.05) is 13.7 Å². The van der Waals surface area contributed by atoms with Crippen LogP contribution >= 0.6 is 12.4 Å². The highest BCUT2D eigenvalue weighted by atomic mass is 35.5. The number of carbonyl (C=O) groups is 1. The lowest BCUT2D eigenvalue weighted by Crippen LogP contribution is -2.41. The maximum absolute atomic E-state index is 11.2. The van der Waals surface area contributed by atoms with Crippen LogP contribution in [0.5, 0.6) is 0 Å². The molecule has 1 saturated carbocycles. The van der Waals surface area contributed by atoms with Gasteiger partial charge >= 0.3 is 0 Å². The topological polar surface area (TPSA) is 64.3 Å². The molecule has 0 aromatic carbocycles. The number of nitrogens with one attached hydrogen (secondary N) is 1. The molecule has 0 unspecified atom stereocenters. The zero-order valence-electron chi connectivity index (χ0n) is 10.1. The van der Waals surface area contributed by atoms with Crippen molar-refractivity contribution in [2.75, 3.05) is 13.7 Å². The predicted octanol–water partition coefficient (Wildman–Crippen LogP) is 1.08. The normalized spacial score (nSPS) is 26.7. The summed E-state index contributed by atoms with van der Waals surface area (Å²) in [5, 5.41) is 2.88. The molecule has 1 aliphatic carbocycles. The maximum atomic E-state index is 11.2. The first-order valence-electron chi connectivity index (χ1n) is 5.69. The average Bonchev–Trinajstić information content (AvgIpc) is 2.26. The fourth-order valence-corrected chi connectivity index (χ4v) is 1.98. The molecule has 0 saturated heterocycles. The van der Waals surface area contributed by atoms with Crippen LogP contribution in [0.4, 0.5) is 0 Å². The van der Waals surface area contributed by atoms with Crippen LogP contribution in [0.15, 0.2) is 0 Å². The minimum Gasteiger partial charge on any atom is -0.381 e. The monoisotopic (exact) mass is 250 g/mol. The second-order valence-electron chi connectivity index (χ2n) is 4.41. The Morgan fingerprint density at radius 3 is 2.44 bits per heavy atom. The van der Waals surface area contributed by atoms with E-state index in [-0.39, 0.29) is 18.3 Å². The van der Waals surface area contributed by atoms with E-state index in [2.05, 4.69) is 5.32 Å². The predicted molar refractivity (Wildman–Crippen MR) is 66.7 cm³/mol. The van der Waals surface area contributed by atoms with E-state index in [0.717, 1.165) is 32.2 Å². The minimum absolute atomic E-state index is 0. The van der Waals surface area contributed by atoms with Gasteiger partial charge in [-0.05, 0) is 38.5 Å². The van der Waals surface area contributed by atoms with Gasteiger partial charge in [0.1, 0.15) is 0 Å². The summed E-state index contributed by atoms with van der Waals surface area (Å²) in [5.41, 5.74) is 5.46. The first-order valence-corrected chi connectivity index (χ1v) is 5.69. The maximum Gasteiger partial charge on any atom is 0.236 e. The SMILES string of the molecule is COC1CCC(CNC(=O)[C@H](C)N)CC1.Cl. The zero-order chi connectivity index (χ0) is 11.3. The van der Waals surface area contributed by atoms with Gasteiger partial charge < -0.3 is 15.8 Å². The van der Waals surface area contributed by atoms with Crippen molar-refractivity contribution >= 4 is 18.3 Å². The molecule has 1 aliphatic rings. The average molecular weight is 251 g/mol. The first kappa shape index (κ1) is 15.7. The highest BCUT2D eigenvalue weighted by Gasteiger charge is 2.21. The van der Waals surface area contributed by atoms with E-state index in [1.807, 2.05) is 0 Å². The molecule has 0 spiro atoms. The van der Waals surface area contributed by atoms with Crippen LogP contribution in [0.2, 0.25) is 0 Å². The minimum atomic E-state index is -0.402. The van der Waals surface area contributed by atoms with Gasteiger partial charge in [-0.15, -0.1) is 12.4 Å². The van der Waals surface area contributed by atoms with Gasteiger partial charge in [-0.2, -0.15) is 0 Å². The molecule has 4 nitrogen and oxygen atoms in total. The lowest BCUT2D eigenvalue weighted by molar-refractivity contribution is -0.122. The van der Waals surface area contributed by atoms with E-state index in [1.54, 1.807) is 14.0 Å². The van der Waals surface area contributed by atoms with E-state index in [4.69, 9.17) is 10.5 Å². The van der Waals surface area contributed by atoms with E-state index >= 15 is 0 Å². The third-order valence-electron chi connectivity index (χ3n) is 3.11. The van der Waals surface area contributed by atoms with Crippen molar-refractivity contribution in [2.24, 2.45) is 11.7 Å². The third kappa shape index (κ3) is 5.14. The number of methoxy groups -OCH3 is 1. The van der Waals surface area contributed by atoms with Crippen molar-refractivity contribution in [1.29, 1.82) is 0 Å². The molecule has 0 aromatic heterocycles. The van der Waals surface area contributed by atoms with Crippen LogP contribution in [-0.2, 0) is 9.53 Å². The van der Waals surface area contributed by atoms with Gasteiger partial charge in [-0.1, -0.05) is 0 Å². The van der Waals surface area contributed by atoms with Crippen LogP contribution in [0.1, 0.15) is 32.6 Å². The highest BCUT2D eigenvalue weighted by Crippen LogP contribution is 2.25. The van der Waals surface area contributed by atoms with Crippen LogP contribution in [-0.4, -0.2) is 31.7 Å².